The maximum Gasteiger partial charge on any atom is 0.168 e. The summed E-state index contributed by atoms with van der Waals surface area (Å²) in [7, 11) is 0. The molecule has 5 rings (SSSR count). The number of benzene rings is 2. The van der Waals surface area contributed by atoms with E-state index in [0.717, 1.165) is 38.9 Å². The van der Waals surface area contributed by atoms with E-state index in [0.29, 0.717) is 0 Å². The summed E-state index contributed by atoms with van der Waals surface area (Å²) < 4.78 is 12.0. The first kappa shape index (κ1) is 16.3. The van der Waals surface area contributed by atoms with Crippen LogP contribution in [0.2, 0.25) is 0 Å². The minimum Gasteiger partial charge on any atom is -0.348 e. The van der Waals surface area contributed by atoms with E-state index in [4.69, 9.17) is 9.47 Å². The molecule has 3 aliphatic rings. The van der Waals surface area contributed by atoms with E-state index in [2.05, 4.69) is 62.4 Å². The van der Waals surface area contributed by atoms with Gasteiger partial charge in [0.25, 0.3) is 0 Å². The van der Waals surface area contributed by atoms with Gasteiger partial charge in [0, 0.05) is 18.3 Å². The van der Waals surface area contributed by atoms with Crippen molar-refractivity contribution < 1.29 is 9.47 Å². The van der Waals surface area contributed by atoms with E-state index in [-0.39, 0.29) is 11.2 Å². The minimum absolute atomic E-state index is 0.0946. The SMILES string of the molecule is Cc1cc(C)cc(C2=Cc3ccccc3C23CCC2(CC3)OCCO2)c1. The number of allylic oxidation sites excluding steroid dienone is 1. The summed E-state index contributed by atoms with van der Waals surface area (Å²) >= 11 is 0. The van der Waals surface area contributed by atoms with Crippen LogP contribution in [0.25, 0.3) is 11.6 Å². The average Bonchev–Trinajstić information content (AvgIpc) is 3.21. The molecular formula is C24H26O2. The fourth-order valence-corrected chi connectivity index (χ4v) is 5.37. The first-order chi connectivity index (χ1) is 12.6. The molecule has 2 heteroatoms. The van der Waals surface area contributed by atoms with Gasteiger partial charge < -0.3 is 9.47 Å². The summed E-state index contributed by atoms with van der Waals surface area (Å²) in [5.41, 5.74) is 8.50. The third-order valence-corrected chi connectivity index (χ3v) is 6.50. The quantitative estimate of drug-likeness (QED) is 0.687. The van der Waals surface area contributed by atoms with Crippen molar-refractivity contribution in [3.63, 3.8) is 0 Å². The van der Waals surface area contributed by atoms with Gasteiger partial charge >= 0.3 is 0 Å². The lowest BCUT2D eigenvalue weighted by molar-refractivity contribution is -0.182. The molecule has 1 saturated heterocycles. The van der Waals surface area contributed by atoms with E-state index < -0.39 is 0 Å². The van der Waals surface area contributed by atoms with Crippen LogP contribution in [0.5, 0.6) is 0 Å². The molecule has 0 atom stereocenters. The Morgan fingerprint density at radius 2 is 1.46 bits per heavy atom. The minimum atomic E-state index is -0.323. The van der Waals surface area contributed by atoms with E-state index in [1.54, 1.807) is 0 Å². The lowest BCUT2D eigenvalue weighted by atomic mass is 9.64. The highest BCUT2D eigenvalue weighted by atomic mass is 16.7. The predicted octanol–water partition coefficient (Wildman–Crippen LogP) is 5.41. The Labute approximate surface area is 155 Å². The first-order valence-electron chi connectivity index (χ1n) is 9.79. The Bertz CT molecular complexity index is 857. The monoisotopic (exact) mass is 346 g/mol. The fourth-order valence-electron chi connectivity index (χ4n) is 5.37. The first-order valence-corrected chi connectivity index (χ1v) is 9.79. The van der Waals surface area contributed by atoms with Crippen LogP contribution in [0.1, 0.15) is 53.5 Å². The topological polar surface area (TPSA) is 18.5 Å². The predicted molar refractivity (Wildman–Crippen MR) is 105 cm³/mol. The Morgan fingerprint density at radius 1 is 0.808 bits per heavy atom. The smallest absolute Gasteiger partial charge is 0.168 e. The lowest BCUT2D eigenvalue weighted by Crippen LogP contribution is -2.42. The summed E-state index contributed by atoms with van der Waals surface area (Å²) in [5.74, 6) is -0.323. The third-order valence-electron chi connectivity index (χ3n) is 6.50. The summed E-state index contributed by atoms with van der Waals surface area (Å²) in [5, 5.41) is 0. The number of aryl methyl sites for hydroxylation is 2. The molecule has 2 aromatic carbocycles. The summed E-state index contributed by atoms with van der Waals surface area (Å²) in [4.78, 5) is 0. The fraction of sp³-hybridized carbons (Fsp3) is 0.417. The summed E-state index contributed by atoms with van der Waals surface area (Å²) in [6.45, 7) is 5.87. The molecule has 2 nitrogen and oxygen atoms in total. The van der Waals surface area contributed by atoms with Gasteiger partial charge in [-0.25, -0.2) is 0 Å². The normalized spacial score (nSPS) is 22.6. The highest BCUT2D eigenvalue weighted by Crippen LogP contribution is 2.57. The second-order valence-corrected chi connectivity index (χ2v) is 8.21. The molecule has 2 aliphatic carbocycles. The molecular weight excluding hydrogens is 320 g/mol. The Kier molecular flexibility index (Phi) is 3.63. The zero-order chi connectivity index (χ0) is 17.8. The molecule has 26 heavy (non-hydrogen) atoms. The molecule has 0 unspecified atom stereocenters. The van der Waals surface area contributed by atoms with Crippen molar-refractivity contribution in [2.45, 2.75) is 50.7 Å². The highest BCUT2D eigenvalue weighted by Gasteiger charge is 2.50. The largest absolute Gasteiger partial charge is 0.348 e. The summed E-state index contributed by atoms with van der Waals surface area (Å²) in [6.07, 6.45) is 6.55. The van der Waals surface area contributed by atoms with Gasteiger partial charge in [-0.05, 0) is 55.0 Å². The van der Waals surface area contributed by atoms with Gasteiger partial charge in [0.05, 0.1) is 13.2 Å². The van der Waals surface area contributed by atoms with Gasteiger partial charge in [0.1, 0.15) is 0 Å². The molecule has 0 aromatic heterocycles. The molecule has 1 heterocycles. The molecule has 0 amide bonds. The highest BCUT2D eigenvalue weighted by molar-refractivity contribution is 5.94. The van der Waals surface area contributed by atoms with E-state index in [1.807, 2.05) is 0 Å². The lowest BCUT2D eigenvalue weighted by Gasteiger charge is -2.44. The number of hydrogen-bond acceptors (Lipinski definition) is 2. The van der Waals surface area contributed by atoms with Crippen LogP contribution >= 0.6 is 0 Å². The van der Waals surface area contributed by atoms with E-state index in [1.165, 1.54) is 33.4 Å². The van der Waals surface area contributed by atoms with Crippen molar-refractivity contribution in [1.82, 2.24) is 0 Å². The van der Waals surface area contributed by atoms with Crippen molar-refractivity contribution in [3.8, 4) is 0 Å². The van der Waals surface area contributed by atoms with Crippen LogP contribution in [0.3, 0.4) is 0 Å². The molecule has 2 fully saturated rings. The van der Waals surface area contributed by atoms with Crippen molar-refractivity contribution in [2.75, 3.05) is 13.2 Å². The average molecular weight is 346 g/mol. The Morgan fingerprint density at radius 3 is 2.15 bits per heavy atom. The number of fused-ring (bicyclic) bond motifs is 2. The van der Waals surface area contributed by atoms with Gasteiger partial charge in [-0.3, -0.25) is 0 Å². The molecule has 2 spiro atoms. The van der Waals surface area contributed by atoms with Gasteiger partial charge in [-0.1, -0.05) is 53.6 Å². The van der Waals surface area contributed by atoms with Gasteiger partial charge in [-0.15, -0.1) is 0 Å². The van der Waals surface area contributed by atoms with Crippen LogP contribution in [0.4, 0.5) is 0 Å². The molecule has 1 saturated carbocycles. The Hall–Kier alpha value is -1.90. The number of ether oxygens (including phenoxy) is 2. The maximum absolute atomic E-state index is 6.01. The second-order valence-electron chi connectivity index (χ2n) is 8.21. The van der Waals surface area contributed by atoms with Gasteiger partial charge in [0.2, 0.25) is 0 Å². The molecule has 0 radical (unpaired) electrons. The molecule has 1 aliphatic heterocycles. The Balaban J connectivity index is 1.60. The van der Waals surface area contributed by atoms with Gasteiger partial charge in [-0.2, -0.15) is 0 Å². The maximum atomic E-state index is 6.01. The van der Waals surface area contributed by atoms with E-state index in [9.17, 15) is 0 Å². The number of rotatable bonds is 1. The zero-order valence-electron chi connectivity index (χ0n) is 15.7. The molecule has 0 bridgehead atoms. The van der Waals surface area contributed by atoms with Crippen LogP contribution in [0, 0.1) is 13.8 Å². The van der Waals surface area contributed by atoms with Crippen LogP contribution in [-0.2, 0) is 14.9 Å². The number of hydrogen-bond donors (Lipinski definition) is 0. The summed E-state index contributed by atoms with van der Waals surface area (Å²) in [6, 6.07) is 15.9. The van der Waals surface area contributed by atoms with E-state index >= 15 is 0 Å². The van der Waals surface area contributed by atoms with Gasteiger partial charge in [0.15, 0.2) is 5.79 Å². The standard InChI is InChI=1S/C24H26O2/c1-17-13-18(2)15-20(14-17)22-16-19-5-3-4-6-21(19)23(22)7-9-24(10-8-23)25-11-12-26-24/h3-6,13-16H,7-12H2,1-2H3. The van der Waals surface area contributed by atoms with Crippen molar-refractivity contribution >= 4 is 11.6 Å². The zero-order valence-corrected chi connectivity index (χ0v) is 15.7. The van der Waals surface area contributed by atoms with Crippen LogP contribution in [0.15, 0.2) is 42.5 Å². The third kappa shape index (κ3) is 2.39. The van der Waals surface area contributed by atoms with Crippen LogP contribution < -0.4 is 0 Å². The van der Waals surface area contributed by atoms with Crippen molar-refractivity contribution in [2.24, 2.45) is 0 Å². The van der Waals surface area contributed by atoms with Crippen molar-refractivity contribution in [1.29, 1.82) is 0 Å². The molecule has 0 N–H and O–H groups in total. The molecule has 2 aromatic rings. The van der Waals surface area contributed by atoms with Crippen LogP contribution in [-0.4, -0.2) is 19.0 Å². The second kappa shape index (κ2) is 5.80. The van der Waals surface area contributed by atoms with Crippen molar-refractivity contribution in [3.05, 3.63) is 70.3 Å². The molecule has 134 valence electrons.